The molecule has 0 amide bonds. The molecule has 0 unspecified atom stereocenters. The van der Waals surface area contributed by atoms with E-state index in [9.17, 15) is 17.6 Å². The van der Waals surface area contributed by atoms with Gasteiger partial charge in [0, 0.05) is 29.1 Å². The Morgan fingerprint density at radius 3 is 2.17 bits per heavy atom. The minimum Gasteiger partial charge on any atom is -0.542 e. The molecule has 0 spiro atoms. The first-order valence-electron chi connectivity index (χ1n) is 14.4. The minimum absolute atomic E-state index is 0.0688. The van der Waals surface area contributed by atoms with Gasteiger partial charge in [-0.3, -0.25) is 4.57 Å². The molecule has 0 aliphatic rings. The molecule has 0 atom stereocenters. The van der Waals surface area contributed by atoms with Crippen LogP contribution < -0.4 is 19.9 Å². The molecule has 48 heavy (non-hydrogen) atoms. The lowest BCUT2D eigenvalue weighted by Crippen LogP contribution is -2.38. The highest BCUT2D eigenvalue weighted by Gasteiger charge is 2.31. The number of benzene rings is 3. The van der Waals surface area contributed by atoms with Gasteiger partial charge in [0.25, 0.3) is 0 Å². The number of likely N-dealkylation sites (N-methyl/N-ethyl adjacent to an activating group) is 1. The van der Waals surface area contributed by atoms with Crippen molar-refractivity contribution in [2.75, 3.05) is 46.7 Å². The molecule has 0 aliphatic heterocycles. The van der Waals surface area contributed by atoms with Gasteiger partial charge in [0.1, 0.15) is 24.1 Å². The fourth-order valence-electron chi connectivity index (χ4n) is 4.48. The monoisotopic (exact) mass is 716 g/mol. The average molecular weight is 718 g/mol. The number of ether oxygens (including phenoxy) is 2. The van der Waals surface area contributed by atoms with Gasteiger partial charge in [0.2, 0.25) is 0 Å². The van der Waals surface area contributed by atoms with E-state index in [4.69, 9.17) is 42.6 Å². The van der Waals surface area contributed by atoms with Crippen LogP contribution in [-0.4, -0.2) is 67.5 Å². The summed E-state index contributed by atoms with van der Waals surface area (Å²) in [6.07, 6.45) is -3.46. The van der Waals surface area contributed by atoms with Crippen LogP contribution >= 0.6 is 23.2 Å². The van der Waals surface area contributed by atoms with E-state index < -0.39 is 23.4 Å². The third-order valence-electron chi connectivity index (χ3n) is 7.12. The van der Waals surface area contributed by atoms with E-state index >= 15 is 4.39 Å². The Hall–Kier alpha value is -4.07. The topological polar surface area (TPSA) is 88.4 Å². The molecule has 15 heteroatoms. The molecule has 0 radical (unpaired) electrons. The van der Waals surface area contributed by atoms with Gasteiger partial charge in [-0.05, 0) is 48.0 Å². The number of aliphatic carboxylic acids is 1. The Morgan fingerprint density at radius 1 is 1.00 bits per heavy atom. The van der Waals surface area contributed by atoms with Crippen molar-refractivity contribution < 1.29 is 45.8 Å². The summed E-state index contributed by atoms with van der Waals surface area (Å²) in [6, 6.07) is 14.7. The van der Waals surface area contributed by atoms with Gasteiger partial charge in [-0.1, -0.05) is 43.1 Å². The first kappa shape index (κ1) is 38.4. The van der Waals surface area contributed by atoms with Crippen molar-refractivity contribution in [3.05, 3.63) is 99.6 Å². The predicted molar refractivity (Wildman–Crippen MR) is 172 cm³/mol. The largest absolute Gasteiger partial charge is 0.542 e. The number of imidazole rings is 1. The molecule has 8 nitrogen and oxygen atoms in total. The molecule has 0 fully saturated rings. The maximum absolute atomic E-state index is 15.1. The molecule has 0 bridgehead atoms. The summed E-state index contributed by atoms with van der Waals surface area (Å²) in [4.78, 5) is 13.4. The third-order valence-corrected chi connectivity index (χ3v) is 7.71. The zero-order valence-corrected chi connectivity index (χ0v) is 28.5. The highest BCUT2D eigenvalue weighted by Crippen LogP contribution is 2.38. The fraction of sp³-hybridized carbons (Fsp3) is 0.333. The quantitative estimate of drug-likeness (QED) is 0.136. The molecule has 1 heterocycles. The zero-order chi connectivity index (χ0) is 36.0. The number of methoxy groups -OCH3 is 1. The van der Waals surface area contributed by atoms with Crippen LogP contribution in [0.25, 0.3) is 5.69 Å². The summed E-state index contributed by atoms with van der Waals surface area (Å²) in [5.74, 6) is -2.98. The molecule has 1 N–H and O–H groups in total. The molecule has 0 saturated heterocycles. The van der Waals surface area contributed by atoms with Crippen molar-refractivity contribution >= 4 is 34.9 Å². The number of anilines is 1. The summed E-state index contributed by atoms with van der Waals surface area (Å²) in [7, 11) is 7.82. The van der Waals surface area contributed by atoms with E-state index in [1.807, 2.05) is 30.5 Å². The molecule has 1 aromatic heterocycles. The first-order chi connectivity index (χ1) is 22.2. The number of alkyl halides is 3. The van der Waals surface area contributed by atoms with Gasteiger partial charge in [0.05, 0.1) is 57.1 Å². The van der Waals surface area contributed by atoms with E-state index in [1.54, 1.807) is 37.6 Å². The highest BCUT2D eigenvalue weighted by atomic mass is 35.5. The first-order valence-corrected chi connectivity index (χ1v) is 15.1. The number of nitrogens with zero attached hydrogens (tertiary/aromatic N) is 3. The normalized spacial score (nSPS) is 11.9. The second-order valence-corrected chi connectivity index (χ2v) is 12.9. The van der Waals surface area contributed by atoms with Gasteiger partial charge in [-0.15, -0.1) is 0 Å². The standard InChI is InChI=1S/C31H35Cl2F2N4O2.C2HF3O2/c1-31(2,20-7-12-24(32)27(15-20)40-6)28-18-37-29(38(28)23-10-8-21(34)9-11-23)19-41-30-25(33)16-22(17-26(30)35)36-13-14-39(3,4)5;3-2(4,5)1(6)7/h7-12,15-18,36H,13-14,19H2,1-6H3;(H,6,7)/q+1;/p-1. The predicted octanol–water partition coefficient (Wildman–Crippen LogP) is 6.79. The van der Waals surface area contributed by atoms with Crippen LogP contribution in [0, 0.1) is 11.6 Å². The number of aromatic nitrogens is 2. The van der Waals surface area contributed by atoms with Crippen LogP contribution in [-0.2, 0) is 16.8 Å². The second-order valence-electron chi connectivity index (χ2n) is 12.1. The molecular formula is C33H35Cl2F5N4O4. The van der Waals surface area contributed by atoms with Crippen LogP contribution in [0.3, 0.4) is 0 Å². The van der Waals surface area contributed by atoms with Gasteiger partial charge in [-0.2, -0.15) is 13.2 Å². The van der Waals surface area contributed by atoms with Crippen LogP contribution in [0.1, 0.15) is 30.9 Å². The van der Waals surface area contributed by atoms with Crippen molar-refractivity contribution in [2.24, 2.45) is 0 Å². The van der Waals surface area contributed by atoms with Gasteiger partial charge in [0.15, 0.2) is 17.4 Å². The van der Waals surface area contributed by atoms with Gasteiger partial charge < -0.3 is 29.2 Å². The second kappa shape index (κ2) is 15.4. The maximum Gasteiger partial charge on any atom is 0.430 e. The number of carbonyl (C=O) groups is 1. The Morgan fingerprint density at radius 2 is 1.62 bits per heavy atom. The van der Waals surface area contributed by atoms with Crippen LogP contribution in [0.2, 0.25) is 10.0 Å². The smallest absolute Gasteiger partial charge is 0.430 e. The number of nitrogens with one attached hydrogen (secondary N) is 1. The van der Waals surface area contributed by atoms with Gasteiger partial charge >= 0.3 is 6.18 Å². The van der Waals surface area contributed by atoms with Crippen molar-refractivity contribution in [3.8, 4) is 17.2 Å². The summed E-state index contributed by atoms with van der Waals surface area (Å²) in [5, 5.41) is 12.6. The number of rotatable bonds is 11. The average Bonchev–Trinajstić information content (AvgIpc) is 3.41. The number of hydrogen-bond acceptors (Lipinski definition) is 6. The number of quaternary nitrogens is 1. The Kier molecular flexibility index (Phi) is 12.3. The third kappa shape index (κ3) is 9.97. The molecule has 4 aromatic rings. The van der Waals surface area contributed by atoms with Crippen molar-refractivity contribution in [2.45, 2.75) is 32.0 Å². The van der Waals surface area contributed by atoms with E-state index in [0.29, 0.717) is 34.5 Å². The fourth-order valence-corrected chi connectivity index (χ4v) is 4.94. The number of hydrogen-bond donors (Lipinski definition) is 1. The summed E-state index contributed by atoms with van der Waals surface area (Å²) < 4.78 is 74.5. The van der Waals surface area contributed by atoms with Crippen LogP contribution in [0.15, 0.2) is 60.8 Å². The van der Waals surface area contributed by atoms with Gasteiger partial charge in [-0.25, -0.2) is 13.8 Å². The van der Waals surface area contributed by atoms with Crippen molar-refractivity contribution in [1.29, 1.82) is 0 Å². The Bertz CT molecular complexity index is 1700. The number of carboxylic acids is 1. The minimum atomic E-state index is -5.19. The SMILES string of the molecule is COc1cc(C(C)(C)c2cnc(COc3c(F)cc(NCC[N+](C)(C)C)cc3Cl)n2-c2ccc(F)cc2)ccc1Cl.O=C([O-])C(F)(F)F. The molecule has 260 valence electrons. The molecule has 3 aromatic carbocycles. The van der Waals surface area contributed by atoms with E-state index in [2.05, 4.69) is 31.4 Å². The molecule has 0 saturated carbocycles. The number of halogens is 7. The van der Waals surface area contributed by atoms with Crippen LogP contribution in [0.4, 0.5) is 27.6 Å². The summed E-state index contributed by atoms with van der Waals surface area (Å²) >= 11 is 12.7. The molecule has 0 aliphatic carbocycles. The molecule has 4 rings (SSSR count). The Labute approximate surface area is 285 Å². The number of carbonyl (C=O) groups excluding carboxylic acids is 1. The van der Waals surface area contributed by atoms with E-state index in [-0.39, 0.29) is 23.2 Å². The van der Waals surface area contributed by atoms with Crippen molar-refractivity contribution in [1.82, 2.24) is 9.55 Å². The highest BCUT2D eigenvalue weighted by molar-refractivity contribution is 6.32. The van der Waals surface area contributed by atoms with E-state index in [1.165, 1.54) is 18.2 Å². The Balaban J connectivity index is 0.000000804. The zero-order valence-electron chi connectivity index (χ0n) is 27.0. The summed E-state index contributed by atoms with van der Waals surface area (Å²) in [6.45, 7) is 5.51. The molecular weight excluding hydrogens is 682 g/mol. The lowest BCUT2D eigenvalue weighted by Gasteiger charge is -2.28. The maximum atomic E-state index is 15.1. The lowest BCUT2D eigenvalue weighted by molar-refractivity contribution is -0.868. The lowest BCUT2D eigenvalue weighted by atomic mass is 9.81. The van der Waals surface area contributed by atoms with Crippen LogP contribution in [0.5, 0.6) is 11.5 Å². The van der Waals surface area contributed by atoms with Crippen molar-refractivity contribution in [3.63, 3.8) is 0 Å². The summed E-state index contributed by atoms with van der Waals surface area (Å²) in [5.41, 5.74) is 2.39. The number of carboxylic acid groups (broad SMARTS) is 1. The van der Waals surface area contributed by atoms with E-state index in [0.717, 1.165) is 22.3 Å².